The van der Waals surface area contributed by atoms with Gasteiger partial charge in [0.25, 0.3) is 0 Å². The summed E-state index contributed by atoms with van der Waals surface area (Å²) in [6.07, 6.45) is 0.0234. The number of carbonyl (C=O) groups is 2. The van der Waals surface area contributed by atoms with Gasteiger partial charge in [-0.15, -0.1) is 5.92 Å². The molecule has 1 aliphatic rings. The highest BCUT2D eigenvalue weighted by Crippen LogP contribution is 2.37. The molecule has 2 N–H and O–H groups in total. The topological polar surface area (TPSA) is 69.6 Å². The third kappa shape index (κ3) is 2.91. The van der Waals surface area contributed by atoms with E-state index >= 15 is 0 Å². The summed E-state index contributed by atoms with van der Waals surface area (Å²) in [7, 11) is 0. The highest BCUT2D eigenvalue weighted by molar-refractivity contribution is 5.95. The molecule has 1 aromatic carbocycles. The lowest BCUT2D eigenvalue weighted by Gasteiger charge is -2.17. The fourth-order valence-corrected chi connectivity index (χ4v) is 2.38. The fraction of sp³-hybridized carbons (Fsp3) is 0.333. The van der Waals surface area contributed by atoms with Crippen molar-refractivity contribution < 1.29 is 14.7 Å². The Bertz CT molecular complexity index is 586. The summed E-state index contributed by atoms with van der Waals surface area (Å²) in [4.78, 5) is 24.6. The molecule has 1 atom stereocenters. The van der Waals surface area contributed by atoms with Crippen LogP contribution in [0.15, 0.2) is 24.3 Å². The van der Waals surface area contributed by atoms with Crippen LogP contribution in [0.1, 0.15) is 24.8 Å². The van der Waals surface area contributed by atoms with Gasteiger partial charge in [0.2, 0.25) is 0 Å². The number of aliphatic carboxylic acids is 1. The van der Waals surface area contributed by atoms with Crippen LogP contribution in [0.25, 0.3) is 0 Å². The minimum atomic E-state index is -0.857. The van der Waals surface area contributed by atoms with Crippen LogP contribution in [0.5, 0.6) is 0 Å². The Balaban J connectivity index is 2.17. The molecule has 1 unspecified atom stereocenters. The van der Waals surface area contributed by atoms with E-state index in [2.05, 4.69) is 17.2 Å². The number of carboxylic acid groups (broad SMARTS) is 1. The third-order valence-corrected chi connectivity index (χ3v) is 3.24. The molecule has 2 rings (SSSR count). The van der Waals surface area contributed by atoms with Crippen LogP contribution < -0.4 is 10.2 Å². The van der Waals surface area contributed by atoms with Crippen LogP contribution >= 0.6 is 0 Å². The van der Waals surface area contributed by atoms with Gasteiger partial charge in [0.05, 0.1) is 13.0 Å². The summed E-state index contributed by atoms with van der Waals surface area (Å²) in [5.74, 6) is 4.46. The van der Waals surface area contributed by atoms with Crippen LogP contribution in [0.4, 0.5) is 10.5 Å². The van der Waals surface area contributed by atoms with E-state index < -0.39 is 5.97 Å². The fourth-order valence-electron chi connectivity index (χ4n) is 2.38. The minimum absolute atomic E-state index is 0.0234. The Kier molecular flexibility index (Phi) is 4.26. The summed E-state index contributed by atoms with van der Waals surface area (Å²) in [5.41, 5.74) is 1.69. The van der Waals surface area contributed by atoms with Crippen molar-refractivity contribution in [2.45, 2.75) is 19.3 Å². The zero-order valence-corrected chi connectivity index (χ0v) is 11.2. The number of hydrogen-bond acceptors (Lipinski definition) is 2. The van der Waals surface area contributed by atoms with E-state index in [1.807, 2.05) is 24.3 Å². The van der Waals surface area contributed by atoms with Gasteiger partial charge in [-0.1, -0.05) is 24.1 Å². The molecule has 1 heterocycles. The van der Waals surface area contributed by atoms with Gasteiger partial charge in [-0.2, -0.15) is 0 Å². The first-order valence-corrected chi connectivity index (χ1v) is 6.39. The average molecular weight is 272 g/mol. The normalized spacial score (nSPS) is 16.1. The Morgan fingerprint density at radius 1 is 1.45 bits per heavy atom. The molecule has 2 amide bonds. The second kappa shape index (κ2) is 6.11. The van der Waals surface area contributed by atoms with Crippen molar-refractivity contribution >= 4 is 17.7 Å². The van der Waals surface area contributed by atoms with Crippen LogP contribution in [0, 0.1) is 11.8 Å². The van der Waals surface area contributed by atoms with E-state index in [9.17, 15) is 9.59 Å². The van der Waals surface area contributed by atoms with Crippen molar-refractivity contribution in [3.63, 3.8) is 0 Å². The molecule has 0 radical (unpaired) electrons. The number of nitrogens with zero attached hydrogens (tertiary/aromatic N) is 1. The highest BCUT2D eigenvalue weighted by Gasteiger charge is 2.33. The maximum absolute atomic E-state index is 12.1. The van der Waals surface area contributed by atoms with Gasteiger partial charge in [0, 0.05) is 18.2 Å². The Morgan fingerprint density at radius 2 is 2.20 bits per heavy atom. The predicted molar refractivity (Wildman–Crippen MR) is 75.6 cm³/mol. The lowest BCUT2D eigenvalue weighted by atomic mass is 9.98. The monoisotopic (exact) mass is 272 g/mol. The quantitative estimate of drug-likeness (QED) is 0.824. The van der Waals surface area contributed by atoms with E-state index in [1.54, 1.807) is 11.8 Å². The van der Waals surface area contributed by atoms with Crippen LogP contribution in [0.3, 0.4) is 0 Å². The molecule has 0 aromatic heterocycles. The van der Waals surface area contributed by atoms with E-state index in [1.165, 1.54) is 0 Å². The largest absolute Gasteiger partial charge is 0.481 e. The summed E-state index contributed by atoms with van der Waals surface area (Å²) in [6, 6.07) is 7.17. The van der Waals surface area contributed by atoms with Gasteiger partial charge in [0.1, 0.15) is 0 Å². The second-order valence-corrected chi connectivity index (χ2v) is 4.55. The van der Waals surface area contributed by atoms with Crippen LogP contribution in [-0.2, 0) is 4.79 Å². The van der Waals surface area contributed by atoms with Gasteiger partial charge in [-0.3, -0.25) is 9.69 Å². The SMILES string of the molecule is CC#CCNC(=O)N1CC(CC(=O)O)c2ccccc21. The van der Waals surface area contributed by atoms with E-state index in [0.29, 0.717) is 6.54 Å². The van der Waals surface area contributed by atoms with Gasteiger partial charge >= 0.3 is 12.0 Å². The number of para-hydroxylation sites is 1. The standard InChI is InChI=1S/C15H16N2O3/c1-2-3-8-16-15(20)17-10-11(9-14(18)19)12-6-4-5-7-13(12)17/h4-7,11H,8-10H2,1H3,(H,16,20)(H,18,19). The zero-order valence-electron chi connectivity index (χ0n) is 11.2. The average Bonchev–Trinajstić information content (AvgIpc) is 2.78. The molecular formula is C15H16N2O3. The molecule has 5 nitrogen and oxygen atoms in total. The number of carboxylic acids is 1. The second-order valence-electron chi connectivity index (χ2n) is 4.55. The van der Waals surface area contributed by atoms with Gasteiger partial charge in [-0.05, 0) is 18.6 Å². The summed E-state index contributed by atoms with van der Waals surface area (Å²) < 4.78 is 0. The van der Waals surface area contributed by atoms with Crippen molar-refractivity contribution in [3.05, 3.63) is 29.8 Å². The van der Waals surface area contributed by atoms with Crippen molar-refractivity contribution in [1.29, 1.82) is 0 Å². The van der Waals surface area contributed by atoms with Crippen molar-refractivity contribution in [2.75, 3.05) is 18.0 Å². The molecule has 1 aromatic rings. The summed E-state index contributed by atoms with van der Waals surface area (Å²) in [6.45, 7) is 2.38. The third-order valence-electron chi connectivity index (χ3n) is 3.24. The first-order chi connectivity index (χ1) is 9.63. The predicted octanol–water partition coefficient (Wildman–Crippen LogP) is 1.80. The number of urea groups is 1. The van der Waals surface area contributed by atoms with Crippen LogP contribution in [-0.4, -0.2) is 30.2 Å². The van der Waals surface area contributed by atoms with Crippen LogP contribution in [0.2, 0.25) is 0 Å². The summed E-state index contributed by atoms with van der Waals surface area (Å²) in [5, 5.41) is 11.7. The number of benzene rings is 1. The minimum Gasteiger partial charge on any atom is -0.481 e. The Morgan fingerprint density at radius 3 is 2.90 bits per heavy atom. The zero-order chi connectivity index (χ0) is 14.5. The first-order valence-electron chi connectivity index (χ1n) is 6.39. The molecule has 104 valence electrons. The van der Waals surface area contributed by atoms with Crippen molar-refractivity contribution in [1.82, 2.24) is 5.32 Å². The van der Waals surface area contributed by atoms with E-state index in [4.69, 9.17) is 5.11 Å². The molecule has 20 heavy (non-hydrogen) atoms. The lowest BCUT2D eigenvalue weighted by Crippen LogP contribution is -2.39. The maximum atomic E-state index is 12.1. The first kappa shape index (κ1) is 13.9. The molecule has 0 aliphatic carbocycles. The number of amides is 2. The number of fused-ring (bicyclic) bond motifs is 1. The van der Waals surface area contributed by atoms with E-state index in [0.717, 1.165) is 11.3 Å². The number of nitrogens with one attached hydrogen (secondary N) is 1. The Hall–Kier alpha value is -2.48. The number of anilines is 1. The lowest BCUT2D eigenvalue weighted by molar-refractivity contribution is -0.137. The summed E-state index contributed by atoms with van der Waals surface area (Å²) >= 11 is 0. The Labute approximate surface area is 117 Å². The molecular weight excluding hydrogens is 256 g/mol. The number of hydrogen-bond donors (Lipinski definition) is 2. The molecule has 0 saturated heterocycles. The van der Waals surface area contributed by atoms with Crippen molar-refractivity contribution in [3.8, 4) is 11.8 Å². The molecule has 0 spiro atoms. The maximum Gasteiger partial charge on any atom is 0.322 e. The van der Waals surface area contributed by atoms with E-state index in [-0.39, 0.29) is 24.9 Å². The van der Waals surface area contributed by atoms with Gasteiger partial charge < -0.3 is 10.4 Å². The molecule has 0 bridgehead atoms. The highest BCUT2D eigenvalue weighted by atomic mass is 16.4. The smallest absolute Gasteiger partial charge is 0.322 e. The molecule has 5 heteroatoms. The number of rotatable bonds is 3. The molecule has 0 fully saturated rings. The van der Waals surface area contributed by atoms with Gasteiger partial charge in [-0.25, -0.2) is 4.79 Å². The molecule has 0 saturated carbocycles. The molecule has 1 aliphatic heterocycles. The number of carbonyl (C=O) groups excluding carboxylic acids is 1. The van der Waals surface area contributed by atoms with Gasteiger partial charge in [0.15, 0.2) is 0 Å². The van der Waals surface area contributed by atoms with Crippen molar-refractivity contribution in [2.24, 2.45) is 0 Å².